The number of amides is 1. The van der Waals surface area contributed by atoms with Gasteiger partial charge in [0.05, 0.1) is 0 Å². The van der Waals surface area contributed by atoms with E-state index in [4.69, 9.17) is 5.73 Å². The van der Waals surface area contributed by atoms with E-state index in [0.717, 1.165) is 31.5 Å². The molecule has 2 rings (SSSR count). The lowest BCUT2D eigenvalue weighted by Crippen LogP contribution is -2.37. The van der Waals surface area contributed by atoms with Crippen LogP contribution >= 0.6 is 0 Å². The van der Waals surface area contributed by atoms with Crippen molar-refractivity contribution in [1.29, 1.82) is 0 Å². The Balaban J connectivity index is 2.06. The van der Waals surface area contributed by atoms with Gasteiger partial charge in [0, 0.05) is 18.7 Å². The molecule has 0 saturated carbocycles. The number of nitrogens with two attached hydrogens (primary N) is 1. The smallest absolute Gasteiger partial charge is 0.227 e. The van der Waals surface area contributed by atoms with Gasteiger partial charge in [0.25, 0.3) is 0 Å². The highest BCUT2D eigenvalue weighted by atomic mass is 16.2. The molecule has 0 aromatic heterocycles. The highest BCUT2D eigenvalue weighted by Gasteiger charge is 2.24. The van der Waals surface area contributed by atoms with E-state index in [1.165, 1.54) is 5.56 Å². The van der Waals surface area contributed by atoms with E-state index in [1.807, 2.05) is 17.0 Å². The average molecular weight is 274 g/mol. The molecule has 0 bridgehead atoms. The third-order valence-corrected chi connectivity index (χ3v) is 4.01. The van der Waals surface area contributed by atoms with Crippen molar-refractivity contribution in [3.05, 3.63) is 29.8 Å². The molecule has 20 heavy (non-hydrogen) atoms. The molecule has 1 amide bonds. The molecule has 0 fully saturated rings. The third kappa shape index (κ3) is 3.60. The number of carbonyl (C=O) groups is 1. The highest BCUT2D eigenvalue weighted by molar-refractivity contribution is 5.94. The Morgan fingerprint density at radius 2 is 2.10 bits per heavy atom. The minimum atomic E-state index is 0.230. The molecule has 1 heterocycles. The van der Waals surface area contributed by atoms with Crippen LogP contribution in [0.1, 0.15) is 38.7 Å². The largest absolute Gasteiger partial charge is 0.330 e. The molecule has 1 aliphatic rings. The van der Waals surface area contributed by atoms with Crippen molar-refractivity contribution in [1.82, 2.24) is 0 Å². The number of benzene rings is 1. The van der Waals surface area contributed by atoms with Gasteiger partial charge in [-0.3, -0.25) is 4.79 Å². The minimum absolute atomic E-state index is 0.230. The first-order valence-electron chi connectivity index (χ1n) is 7.70. The molecule has 0 aliphatic carbocycles. The molecule has 3 nitrogen and oxygen atoms in total. The SMILES string of the molecule is CC(C)C[C@H](CN)CC(=O)N1CCCc2ccccc21. The number of fused-ring (bicyclic) bond motifs is 1. The number of hydrogen-bond donors (Lipinski definition) is 1. The molecule has 0 unspecified atom stereocenters. The molecule has 0 saturated heterocycles. The summed E-state index contributed by atoms with van der Waals surface area (Å²) >= 11 is 0. The first-order valence-corrected chi connectivity index (χ1v) is 7.70. The lowest BCUT2D eigenvalue weighted by atomic mass is 9.93. The summed E-state index contributed by atoms with van der Waals surface area (Å²) in [4.78, 5) is 14.5. The van der Waals surface area contributed by atoms with Crippen LogP contribution in [-0.4, -0.2) is 19.0 Å². The molecule has 2 N–H and O–H groups in total. The number of nitrogens with zero attached hydrogens (tertiary/aromatic N) is 1. The number of anilines is 1. The minimum Gasteiger partial charge on any atom is -0.330 e. The van der Waals surface area contributed by atoms with Crippen molar-refractivity contribution in [3.63, 3.8) is 0 Å². The van der Waals surface area contributed by atoms with Crippen LogP contribution in [0.5, 0.6) is 0 Å². The summed E-state index contributed by atoms with van der Waals surface area (Å²) < 4.78 is 0. The van der Waals surface area contributed by atoms with Crippen LogP contribution in [0, 0.1) is 11.8 Å². The van der Waals surface area contributed by atoms with Crippen molar-refractivity contribution >= 4 is 11.6 Å². The van der Waals surface area contributed by atoms with Crippen LogP contribution in [0.25, 0.3) is 0 Å². The number of para-hydroxylation sites is 1. The summed E-state index contributed by atoms with van der Waals surface area (Å²) in [6.07, 6.45) is 3.73. The molecule has 1 aromatic carbocycles. The van der Waals surface area contributed by atoms with Crippen molar-refractivity contribution in [2.24, 2.45) is 17.6 Å². The number of aryl methyl sites for hydroxylation is 1. The van der Waals surface area contributed by atoms with E-state index in [0.29, 0.717) is 24.8 Å². The topological polar surface area (TPSA) is 46.3 Å². The Labute approximate surface area is 122 Å². The zero-order valence-corrected chi connectivity index (χ0v) is 12.6. The van der Waals surface area contributed by atoms with Crippen LogP contribution in [-0.2, 0) is 11.2 Å². The molecular formula is C17H26N2O. The van der Waals surface area contributed by atoms with Crippen LogP contribution in [0.15, 0.2) is 24.3 Å². The molecule has 0 radical (unpaired) electrons. The first-order chi connectivity index (χ1) is 9.61. The molecule has 1 aromatic rings. The normalized spacial score (nSPS) is 16.1. The van der Waals surface area contributed by atoms with Crippen LogP contribution in [0.3, 0.4) is 0 Å². The maximum atomic E-state index is 12.6. The van der Waals surface area contributed by atoms with Crippen LogP contribution in [0.4, 0.5) is 5.69 Å². The maximum Gasteiger partial charge on any atom is 0.227 e. The average Bonchev–Trinajstić information content (AvgIpc) is 2.45. The zero-order chi connectivity index (χ0) is 14.5. The van der Waals surface area contributed by atoms with Crippen LogP contribution in [0.2, 0.25) is 0 Å². The van der Waals surface area contributed by atoms with Gasteiger partial charge in [-0.15, -0.1) is 0 Å². The van der Waals surface area contributed by atoms with Crippen molar-refractivity contribution in [2.75, 3.05) is 18.0 Å². The lowest BCUT2D eigenvalue weighted by molar-refractivity contribution is -0.119. The van der Waals surface area contributed by atoms with E-state index >= 15 is 0 Å². The Kier molecular flexibility index (Phi) is 5.18. The number of hydrogen-bond acceptors (Lipinski definition) is 2. The molecule has 110 valence electrons. The standard InChI is InChI=1S/C17H26N2O/c1-13(2)10-14(12-18)11-17(20)19-9-5-7-15-6-3-4-8-16(15)19/h3-4,6,8,13-14H,5,7,9-12,18H2,1-2H3/t14-/m0/s1. The van der Waals surface area contributed by atoms with Gasteiger partial charge in [0.2, 0.25) is 5.91 Å². The second-order valence-electron chi connectivity index (χ2n) is 6.21. The fourth-order valence-corrected chi connectivity index (χ4v) is 3.08. The second kappa shape index (κ2) is 6.89. The van der Waals surface area contributed by atoms with Gasteiger partial charge in [0.15, 0.2) is 0 Å². The number of rotatable bonds is 5. The fraction of sp³-hybridized carbons (Fsp3) is 0.588. The predicted molar refractivity (Wildman–Crippen MR) is 83.7 cm³/mol. The fourth-order valence-electron chi connectivity index (χ4n) is 3.08. The zero-order valence-electron chi connectivity index (χ0n) is 12.6. The van der Waals surface area contributed by atoms with Gasteiger partial charge in [0.1, 0.15) is 0 Å². The summed E-state index contributed by atoms with van der Waals surface area (Å²) in [6.45, 7) is 5.81. The van der Waals surface area contributed by atoms with Crippen molar-refractivity contribution in [2.45, 2.75) is 39.5 Å². The molecule has 0 spiro atoms. The summed E-state index contributed by atoms with van der Waals surface area (Å²) in [5.41, 5.74) is 8.22. The van der Waals surface area contributed by atoms with Gasteiger partial charge in [-0.1, -0.05) is 32.0 Å². The molecular weight excluding hydrogens is 248 g/mol. The van der Waals surface area contributed by atoms with E-state index < -0.39 is 0 Å². The molecule has 1 atom stereocenters. The predicted octanol–water partition coefficient (Wildman–Crippen LogP) is 2.98. The number of carbonyl (C=O) groups excluding carboxylic acids is 1. The van der Waals surface area contributed by atoms with E-state index in [2.05, 4.69) is 26.0 Å². The van der Waals surface area contributed by atoms with Crippen molar-refractivity contribution in [3.8, 4) is 0 Å². The third-order valence-electron chi connectivity index (χ3n) is 4.01. The maximum absolute atomic E-state index is 12.6. The van der Waals surface area contributed by atoms with Crippen LogP contribution < -0.4 is 10.6 Å². The Morgan fingerprint density at radius 1 is 1.35 bits per heavy atom. The van der Waals surface area contributed by atoms with Gasteiger partial charge in [-0.05, 0) is 49.3 Å². The Morgan fingerprint density at radius 3 is 2.80 bits per heavy atom. The van der Waals surface area contributed by atoms with Gasteiger partial charge in [-0.2, -0.15) is 0 Å². The van der Waals surface area contributed by atoms with Gasteiger partial charge >= 0.3 is 0 Å². The summed E-state index contributed by atoms with van der Waals surface area (Å²) in [5, 5.41) is 0. The van der Waals surface area contributed by atoms with E-state index in [-0.39, 0.29) is 5.91 Å². The quantitative estimate of drug-likeness (QED) is 0.897. The van der Waals surface area contributed by atoms with E-state index in [1.54, 1.807) is 0 Å². The Hall–Kier alpha value is -1.35. The Bertz CT molecular complexity index is 456. The summed E-state index contributed by atoms with van der Waals surface area (Å²) in [5.74, 6) is 1.12. The first kappa shape index (κ1) is 15.0. The highest BCUT2D eigenvalue weighted by Crippen LogP contribution is 2.28. The monoisotopic (exact) mass is 274 g/mol. The summed E-state index contributed by atoms with van der Waals surface area (Å²) in [7, 11) is 0. The van der Waals surface area contributed by atoms with Gasteiger partial charge < -0.3 is 10.6 Å². The molecule has 3 heteroatoms. The lowest BCUT2D eigenvalue weighted by Gasteiger charge is -2.31. The second-order valence-corrected chi connectivity index (χ2v) is 6.21. The summed E-state index contributed by atoms with van der Waals surface area (Å²) in [6, 6.07) is 8.25. The van der Waals surface area contributed by atoms with Crippen molar-refractivity contribution < 1.29 is 4.79 Å². The van der Waals surface area contributed by atoms with E-state index in [9.17, 15) is 4.79 Å². The van der Waals surface area contributed by atoms with Gasteiger partial charge in [-0.25, -0.2) is 0 Å². The molecule has 1 aliphatic heterocycles.